The molecule has 4 heteroatoms. The molecule has 0 aliphatic heterocycles. The lowest BCUT2D eigenvalue weighted by atomic mass is 10.1. The van der Waals surface area contributed by atoms with Crippen molar-refractivity contribution in [3.8, 4) is 5.75 Å². The Morgan fingerprint density at radius 3 is 2.46 bits per heavy atom. The first-order chi connectivity index (χ1) is 11.5. The summed E-state index contributed by atoms with van der Waals surface area (Å²) in [6.07, 6.45) is 1.00. The van der Waals surface area contributed by atoms with Crippen LogP contribution in [0.1, 0.15) is 49.2 Å². The zero-order valence-corrected chi connectivity index (χ0v) is 16.0. The van der Waals surface area contributed by atoms with Crippen LogP contribution in [0.4, 0.5) is 0 Å². The Bertz CT molecular complexity index is 671. The second kappa shape index (κ2) is 8.88. The van der Waals surface area contributed by atoms with E-state index in [2.05, 4.69) is 35.1 Å². The molecule has 0 aliphatic rings. The Labute approximate surface area is 152 Å². The summed E-state index contributed by atoms with van der Waals surface area (Å²) < 4.78 is 6.55. The fourth-order valence-electron chi connectivity index (χ4n) is 2.27. The number of hydrogen-bond donors (Lipinski definition) is 1. The van der Waals surface area contributed by atoms with Gasteiger partial charge in [0.25, 0.3) is 5.91 Å². The maximum atomic E-state index is 12.4. The first kappa shape index (κ1) is 18.5. The van der Waals surface area contributed by atoms with Gasteiger partial charge in [-0.2, -0.15) is 0 Å². The molecule has 1 N–H and O–H groups in total. The zero-order valence-electron chi connectivity index (χ0n) is 14.4. The molecule has 2 rings (SSSR count). The van der Waals surface area contributed by atoms with Gasteiger partial charge in [0, 0.05) is 5.56 Å². The smallest absolute Gasteiger partial charge is 0.251 e. The van der Waals surface area contributed by atoms with Crippen LogP contribution < -0.4 is 10.1 Å². The van der Waals surface area contributed by atoms with Gasteiger partial charge in [0.1, 0.15) is 5.75 Å². The minimum atomic E-state index is -0.0965. The molecule has 0 spiro atoms. The van der Waals surface area contributed by atoms with Crippen molar-refractivity contribution < 1.29 is 9.53 Å². The zero-order chi connectivity index (χ0) is 17.5. The highest BCUT2D eigenvalue weighted by Gasteiger charge is 2.13. The van der Waals surface area contributed by atoms with Crippen LogP contribution in [0.3, 0.4) is 0 Å². The predicted molar refractivity (Wildman–Crippen MR) is 101 cm³/mol. The van der Waals surface area contributed by atoms with Gasteiger partial charge in [-0.1, -0.05) is 44.2 Å². The second-order valence-electron chi connectivity index (χ2n) is 6.28. The predicted octanol–water partition coefficient (Wildman–Crippen LogP) is 5.37. The van der Waals surface area contributed by atoms with E-state index in [1.54, 1.807) is 12.1 Å². The molecule has 0 fully saturated rings. The monoisotopic (exact) mass is 389 g/mol. The van der Waals surface area contributed by atoms with E-state index in [4.69, 9.17) is 4.74 Å². The fraction of sp³-hybridized carbons (Fsp3) is 0.350. The summed E-state index contributed by atoms with van der Waals surface area (Å²) in [5.74, 6) is 1.28. The molecule has 128 valence electrons. The van der Waals surface area contributed by atoms with Crippen molar-refractivity contribution in [1.82, 2.24) is 5.32 Å². The summed E-state index contributed by atoms with van der Waals surface area (Å²) in [5.41, 5.74) is 1.69. The highest BCUT2D eigenvalue weighted by atomic mass is 79.9. The van der Waals surface area contributed by atoms with Crippen molar-refractivity contribution >= 4 is 21.8 Å². The summed E-state index contributed by atoms with van der Waals surface area (Å²) in [6, 6.07) is 15.3. The summed E-state index contributed by atoms with van der Waals surface area (Å²) in [7, 11) is 0. The Morgan fingerprint density at radius 1 is 1.12 bits per heavy atom. The van der Waals surface area contributed by atoms with Gasteiger partial charge >= 0.3 is 0 Å². The van der Waals surface area contributed by atoms with Crippen molar-refractivity contribution in [2.75, 3.05) is 6.61 Å². The van der Waals surface area contributed by atoms with Gasteiger partial charge in [-0.15, -0.1) is 0 Å². The van der Waals surface area contributed by atoms with Crippen LogP contribution in [-0.4, -0.2) is 12.5 Å². The Kier molecular flexibility index (Phi) is 6.85. The van der Waals surface area contributed by atoms with Crippen LogP contribution in [0, 0.1) is 5.92 Å². The molecule has 0 bridgehead atoms. The maximum Gasteiger partial charge on any atom is 0.251 e. The molecule has 0 aliphatic carbocycles. The molecule has 0 saturated heterocycles. The largest absolute Gasteiger partial charge is 0.492 e. The van der Waals surface area contributed by atoms with Crippen LogP contribution >= 0.6 is 15.9 Å². The van der Waals surface area contributed by atoms with E-state index in [-0.39, 0.29) is 11.9 Å². The number of benzene rings is 2. The first-order valence-corrected chi connectivity index (χ1v) is 9.05. The molecule has 1 amide bonds. The molecule has 3 nitrogen and oxygen atoms in total. The summed E-state index contributed by atoms with van der Waals surface area (Å²) >= 11 is 3.49. The van der Waals surface area contributed by atoms with Crippen molar-refractivity contribution in [3.63, 3.8) is 0 Å². The van der Waals surface area contributed by atoms with Gasteiger partial charge < -0.3 is 10.1 Å². The SMILES string of the molecule is CC(C)CCOc1ccc(C(=O)NC(C)c2ccccc2)cc1Br. The van der Waals surface area contributed by atoms with E-state index < -0.39 is 0 Å². The normalized spacial score (nSPS) is 12.0. The molecule has 0 heterocycles. The number of rotatable bonds is 7. The number of nitrogens with one attached hydrogen (secondary N) is 1. The molecule has 1 unspecified atom stereocenters. The van der Waals surface area contributed by atoms with E-state index >= 15 is 0 Å². The number of halogens is 1. The van der Waals surface area contributed by atoms with Crippen molar-refractivity contribution in [1.29, 1.82) is 0 Å². The average molecular weight is 390 g/mol. The number of amides is 1. The topological polar surface area (TPSA) is 38.3 Å². The van der Waals surface area contributed by atoms with Gasteiger partial charge in [-0.3, -0.25) is 4.79 Å². The second-order valence-corrected chi connectivity index (χ2v) is 7.14. The highest BCUT2D eigenvalue weighted by molar-refractivity contribution is 9.10. The molecular formula is C20H24BrNO2. The lowest BCUT2D eigenvalue weighted by Crippen LogP contribution is -2.26. The summed E-state index contributed by atoms with van der Waals surface area (Å²) in [6.45, 7) is 6.98. The van der Waals surface area contributed by atoms with E-state index in [9.17, 15) is 4.79 Å². The molecule has 2 aromatic carbocycles. The maximum absolute atomic E-state index is 12.4. The Morgan fingerprint density at radius 2 is 1.83 bits per heavy atom. The van der Waals surface area contributed by atoms with Gasteiger partial charge in [0.05, 0.1) is 17.1 Å². The Balaban J connectivity index is 1.98. The molecule has 1 atom stereocenters. The molecule has 24 heavy (non-hydrogen) atoms. The van der Waals surface area contributed by atoms with Crippen LogP contribution in [0.2, 0.25) is 0 Å². The minimum absolute atomic E-state index is 0.0422. The van der Waals surface area contributed by atoms with Gasteiger partial charge in [-0.05, 0) is 59.0 Å². The van der Waals surface area contributed by atoms with Crippen LogP contribution in [0.5, 0.6) is 5.75 Å². The molecule has 2 aromatic rings. The van der Waals surface area contributed by atoms with E-state index in [1.165, 1.54) is 0 Å². The highest BCUT2D eigenvalue weighted by Crippen LogP contribution is 2.26. The molecule has 0 aromatic heterocycles. The van der Waals surface area contributed by atoms with Crippen LogP contribution in [0.25, 0.3) is 0 Å². The number of carbonyl (C=O) groups excluding carboxylic acids is 1. The molecule has 0 saturated carbocycles. The van der Waals surface area contributed by atoms with Crippen molar-refractivity contribution in [2.45, 2.75) is 33.2 Å². The molecular weight excluding hydrogens is 366 g/mol. The van der Waals surface area contributed by atoms with Gasteiger partial charge in [-0.25, -0.2) is 0 Å². The van der Waals surface area contributed by atoms with Crippen molar-refractivity contribution in [2.24, 2.45) is 5.92 Å². The third-order valence-corrected chi connectivity index (χ3v) is 4.41. The lowest BCUT2D eigenvalue weighted by Gasteiger charge is -2.15. The van der Waals surface area contributed by atoms with Crippen LogP contribution in [-0.2, 0) is 0 Å². The van der Waals surface area contributed by atoms with Crippen LogP contribution in [0.15, 0.2) is 53.0 Å². The third-order valence-electron chi connectivity index (χ3n) is 3.79. The number of hydrogen-bond acceptors (Lipinski definition) is 2. The summed E-state index contributed by atoms with van der Waals surface area (Å²) in [5, 5.41) is 3.02. The van der Waals surface area contributed by atoms with E-state index in [1.807, 2.05) is 43.3 Å². The van der Waals surface area contributed by atoms with E-state index in [0.29, 0.717) is 18.1 Å². The van der Waals surface area contributed by atoms with Crippen molar-refractivity contribution in [3.05, 3.63) is 64.1 Å². The average Bonchev–Trinajstić information content (AvgIpc) is 2.56. The lowest BCUT2D eigenvalue weighted by molar-refractivity contribution is 0.0940. The first-order valence-electron chi connectivity index (χ1n) is 8.25. The standard InChI is InChI=1S/C20H24BrNO2/c1-14(2)11-12-24-19-10-9-17(13-18(19)21)20(23)22-15(3)16-7-5-4-6-8-16/h4-10,13-15H,11-12H2,1-3H3,(H,22,23). The fourth-order valence-corrected chi connectivity index (χ4v) is 2.76. The van der Waals surface area contributed by atoms with E-state index in [0.717, 1.165) is 22.2 Å². The summed E-state index contributed by atoms with van der Waals surface area (Å²) in [4.78, 5) is 12.4. The number of carbonyl (C=O) groups is 1. The Hall–Kier alpha value is -1.81. The van der Waals surface area contributed by atoms with Gasteiger partial charge in [0.2, 0.25) is 0 Å². The third kappa shape index (κ3) is 5.38. The van der Waals surface area contributed by atoms with Gasteiger partial charge in [0.15, 0.2) is 0 Å². The minimum Gasteiger partial charge on any atom is -0.492 e. The quantitative estimate of drug-likeness (QED) is 0.691. The molecule has 0 radical (unpaired) electrons. The number of ether oxygens (including phenoxy) is 1.